The van der Waals surface area contributed by atoms with Gasteiger partial charge in [-0.2, -0.15) is 0 Å². The lowest BCUT2D eigenvalue weighted by molar-refractivity contribution is 0.0791. The smallest absolute Gasteiger partial charge is 0.265 e. The van der Waals surface area contributed by atoms with Gasteiger partial charge in [0, 0.05) is 13.1 Å². The van der Waals surface area contributed by atoms with Crippen molar-refractivity contribution in [3.05, 3.63) is 45.4 Å². The Morgan fingerprint density at radius 3 is 2.73 bits per heavy atom. The molecule has 1 unspecified atom stereocenters. The molecule has 2 heterocycles. The average Bonchev–Trinajstić information content (AvgIpc) is 3.07. The molecule has 1 saturated heterocycles. The van der Waals surface area contributed by atoms with Crippen molar-refractivity contribution in [3.63, 3.8) is 0 Å². The van der Waals surface area contributed by atoms with Crippen LogP contribution in [-0.4, -0.2) is 34.0 Å². The number of carbonyl (C=O) groups excluding carboxylic acids is 1. The number of thiazole rings is 1. The molecule has 1 aromatic heterocycles. The maximum absolute atomic E-state index is 12.6. The molecule has 0 aliphatic carbocycles. The molecule has 4 nitrogen and oxygen atoms in total. The first-order valence-corrected chi connectivity index (χ1v) is 8.36. The highest BCUT2D eigenvalue weighted by atomic mass is 32.1. The van der Waals surface area contributed by atoms with Crippen molar-refractivity contribution >= 4 is 17.2 Å². The lowest BCUT2D eigenvalue weighted by atomic mass is 9.99. The van der Waals surface area contributed by atoms with Gasteiger partial charge in [0.1, 0.15) is 10.6 Å². The first kappa shape index (κ1) is 15.0. The van der Waals surface area contributed by atoms with Gasteiger partial charge >= 0.3 is 0 Å². The van der Waals surface area contributed by atoms with Crippen LogP contribution in [0.1, 0.15) is 32.4 Å². The number of phenolic OH excluding ortho intramolecular Hbond substituents is 1. The van der Waals surface area contributed by atoms with Gasteiger partial charge in [-0.25, -0.2) is 4.98 Å². The molecule has 1 N–H and O–H groups in total. The van der Waals surface area contributed by atoms with Gasteiger partial charge in [-0.3, -0.25) is 4.79 Å². The first-order valence-electron chi connectivity index (χ1n) is 7.54. The van der Waals surface area contributed by atoms with E-state index in [-0.39, 0.29) is 5.91 Å². The number of aromatic hydroxyl groups is 1. The van der Waals surface area contributed by atoms with Crippen molar-refractivity contribution in [1.82, 2.24) is 9.88 Å². The van der Waals surface area contributed by atoms with Gasteiger partial charge < -0.3 is 10.0 Å². The number of phenols is 1. The van der Waals surface area contributed by atoms with Gasteiger partial charge in [0.15, 0.2) is 0 Å². The number of hydrogen-bond donors (Lipinski definition) is 1. The van der Waals surface area contributed by atoms with Crippen molar-refractivity contribution in [1.29, 1.82) is 0 Å². The third kappa shape index (κ3) is 3.14. The Hall–Kier alpha value is -1.88. The standard InChI is InChI=1S/C17H20N2O2S/c1-11-16(22-12(2)18-11)17(21)19-8-7-14(10-19)9-13-3-5-15(20)6-4-13/h3-6,14,20H,7-10H2,1-2H3. The predicted octanol–water partition coefficient (Wildman–Crippen LogP) is 3.17. The van der Waals surface area contributed by atoms with E-state index in [0.29, 0.717) is 11.7 Å². The number of rotatable bonds is 3. The minimum Gasteiger partial charge on any atom is -0.508 e. The van der Waals surface area contributed by atoms with Gasteiger partial charge in [-0.1, -0.05) is 12.1 Å². The largest absolute Gasteiger partial charge is 0.508 e. The lowest BCUT2D eigenvalue weighted by Crippen LogP contribution is -2.28. The molecule has 0 saturated carbocycles. The fraction of sp³-hybridized carbons (Fsp3) is 0.412. The van der Waals surface area contributed by atoms with Gasteiger partial charge in [0.05, 0.1) is 10.7 Å². The normalized spacial score (nSPS) is 17.9. The average molecular weight is 316 g/mol. The molecule has 1 amide bonds. The van der Waals surface area contributed by atoms with Crippen molar-refractivity contribution in [2.45, 2.75) is 26.7 Å². The summed E-state index contributed by atoms with van der Waals surface area (Å²) in [6.07, 6.45) is 1.98. The molecule has 0 radical (unpaired) electrons. The Balaban J connectivity index is 1.63. The predicted molar refractivity (Wildman–Crippen MR) is 87.4 cm³/mol. The summed E-state index contributed by atoms with van der Waals surface area (Å²) < 4.78 is 0. The first-order chi connectivity index (χ1) is 10.5. The molecule has 1 fully saturated rings. The van der Waals surface area contributed by atoms with Crippen molar-refractivity contribution in [2.75, 3.05) is 13.1 Å². The molecule has 1 aromatic carbocycles. The number of aryl methyl sites for hydroxylation is 2. The van der Waals surface area contributed by atoms with E-state index < -0.39 is 0 Å². The van der Waals surface area contributed by atoms with Gasteiger partial charge in [-0.15, -0.1) is 11.3 Å². The second-order valence-corrected chi connectivity index (χ2v) is 7.13. The van der Waals surface area contributed by atoms with E-state index >= 15 is 0 Å². The number of amides is 1. The van der Waals surface area contributed by atoms with Crippen molar-refractivity contribution in [2.24, 2.45) is 5.92 Å². The van der Waals surface area contributed by atoms with E-state index in [2.05, 4.69) is 4.98 Å². The molecule has 1 aliphatic heterocycles. The van der Waals surface area contributed by atoms with Crippen LogP contribution in [0.15, 0.2) is 24.3 Å². The van der Waals surface area contributed by atoms with Crippen molar-refractivity contribution in [3.8, 4) is 5.75 Å². The molecule has 5 heteroatoms. The number of likely N-dealkylation sites (tertiary alicyclic amines) is 1. The number of carbonyl (C=O) groups is 1. The van der Waals surface area contributed by atoms with E-state index in [0.717, 1.165) is 41.5 Å². The van der Waals surface area contributed by atoms with Crippen LogP contribution < -0.4 is 0 Å². The molecule has 0 spiro atoms. The molecule has 116 valence electrons. The summed E-state index contributed by atoms with van der Waals surface area (Å²) >= 11 is 1.49. The fourth-order valence-electron chi connectivity index (χ4n) is 3.02. The van der Waals surface area contributed by atoms with Crippen LogP contribution in [0, 0.1) is 19.8 Å². The van der Waals surface area contributed by atoms with Crippen LogP contribution >= 0.6 is 11.3 Å². The zero-order chi connectivity index (χ0) is 15.7. The Bertz CT molecular complexity index is 678. The number of aromatic nitrogens is 1. The van der Waals surface area contributed by atoms with Crippen LogP contribution in [0.25, 0.3) is 0 Å². The van der Waals surface area contributed by atoms with E-state index in [1.165, 1.54) is 16.9 Å². The highest BCUT2D eigenvalue weighted by Gasteiger charge is 2.29. The van der Waals surface area contributed by atoms with E-state index in [1.807, 2.05) is 30.9 Å². The molecule has 22 heavy (non-hydrogen) atoms. The summed E-state index contributed by atoms with van der Waals surface area (Å²) in [6, 6.07) is 7.35. The minimum atomic E-state index is 0.122. The van der Waals surface area contributed by atoms with Crippen LogP contribution in [0.2, 0.25) is 0 Å². The molecule has 1 aliphatic rings. The van der Waals surface area contributed by atoms with E-state index in [4.69, 9.17) is 0 Å². The summed E-state index contributed by atoms with van der Waals surface area (Å²) in [5.74, 6) is 0.905. The zero-order valence-corrected chi connectivity index (χ0v) is 13.7. The van der Waals surface area contributed by atoms with E-state index in [1.54, 1.807) is 12.1 Å². The van der Waals surface area contributed by atoms with Crippen molar-refractivity contribution < 1.29 is 9.90 Å². The summed E-state index contributed by atoms with van der Waals surface area (Å²) in [6.45, 7) is 5.46. The third-order valence-electron chi connectivity index (χ3n) is 4.13. The quantitative estimate of drug-likeness (QED) is 0.946. The number of benzene rings is 1. The number of nitrogens with zero attached hydrogens (tertiary/aromatic N) is 2. The van der Waals surface area contributed by atoms with Gasteiger partial charge in [-0.05, 0) is 50.3 Å². The molecular formula is C17H20N2O2S. The Morgan fingerprint density at radius 1 is 1.36 bits per heavy atom. The highest BCUT2D eigenvalue weighted by molar-refractivity contribution is 7.13. The van der Waals surface area contributed by atoms with Crippen LogP contribution in [0.3, 0.4) is 0 Å². The fourth-order valence-corrected chi connectivity index (χ4v) is 3.91. The SMILES string of the molecule is Cc1nc(C)c(C(=O)N2CCC(Cc3ccc(O)cc3)C2)s1. The Kier molecular flexibility index (Phi) is 4.16. The van der Waals surface area contributed by atoms with Gasteiger partial charge in [0.2, 0.25) is 0 Å². The Morgan fingerprint density at radius 2 is 2.09 bits per heavy atom. The lowest BCUT2D eigenvalue weighted by Gasteiger charge is -2.16. The van der Waals surface area contributed by atoms with Crippen LogP contribution in [0.4, 0.5) is 0 Å². The van der Waals surface area contributed by atoms with Gasteiger partial charge in [0.25, 0.3) is 5.91 Å². The van der Waals surface area contributed by atoms with E-state index in [9.17, 15) is 9.90 Å². The summed E-state index contributed by atoms with van der Waals surface area (Å²) in [5.41, 5.74) is 2.05. The minimum absolute atomic E-state index is 0.122. The maximum atomic E-state index is 12.6. The van der Waals surface area contributed by atoms with Crippen LogP contribution in [0.5, 0.6) is 5.75 Å². The summed E-state index contributed by atoms with van der Waals surface area (Å²) in [4.78, 5) is 19.7. The molecule has 3 rings (SSSR count). The number of hydrogen-bond acceptors (Lipinski definition) is 4. The summed E-state index contributed by atoms with van der Waals surface area (Å²) in [7, 11) is 0. The second kappa shape index (κ2) is 6.08. The third-order valence-corrected chi connectivity index (χ3v) is 5.19. The molecule has 2 aromatic rings. The summed E-state index contributed by atoms with van der Waals surface area (Å²) in [5, 5.41) is 10.3. The zero-order valence-electron chi connectivity index (χ0n) is 12.9. The molecule has 0 bridgehead atoms. The maximum Gasteiger partial charge on any atom is 0.265 e. The Labute approximate surface area is 134 Å². The topological polar surface area (TPSA) is 53.4 Å². The molecular weight excluding hydrogens is 296 g/mol. The van der Waals surface area contributed by atoms with Crippen LogP contribution in [-0.2, 0) is 6.42 Å². The molecule has 1 atom stereocenters. The second-order valence-electron chi connectivity index (χ2n) is 5.92. The monoisotopic (exact) mass is 316 g/mol. The highest BCUT2D eigenvalue weighted by Crippen LogP contribution is 2.26.